The van der Waals surface area contributed by atoms with E-state index in [4.69, 9.17) is 4.74 Å². The minimum Gasteiger partial charge on any atom is -0.379 e. The third-order valence-corrected chi connectivity index (χ3v) is 4.73. The molecule has 0 amide bonds. The monoisotopic (exact) mass is 308 g/mol. The van der Waals surface area contributed by atoms with Gasteiger partial charge in [0.2, 0.25) is 0 Å². The molecule has 1 saturated heterocycles. The van der Waals surface area contributed by atoms with Gasteiger partial charge >= 0.3 is 0 Å². The summed E-state index contributed by atoms with van der Waals surface area (Å²) >= 11 is 0. The lowest BCUT2D eigenvalue weighted by molar-refractivity contribution is 0.0202. The largest absolute Gasteiger partial charge is 0.379 e. The molecule has 2 aliphatic rings. The van der Waals surface area contributed by atoms with Crippen LogP contribution in [0.4, 0.5) is 0 Å². The Morgan fingerprint density at radius 2 is 2.05 bits per heavy atom. The SMILES string of the molecule is CN=C(NCC(OC)C(C)(C)C)N1CCC(N2CC=CC2)C1. The maximum atomic E-state index is 5.62. The molecule has 5 nitrogen and oxygen atoms in total. The first-order valence-corrected chi connectivity index (χ1v) is 8.33. The molecule has 22 heavy (non-hydrogen) atoms. The van der Waals surface area contributed by atoms with Gasteiger partial charge in [0.25, 0.3) is 0 Å². The summed E-state index contributed by atoms with van der Waals surface area (Å²) < 4.78 is 5.62. The Bertz CT molecular complexity index is 405. The van der Waals surface area contributed by atoms with Crippen molar-refractivity contribution >= 4 is 5.96 Å². The van der Waals surface area contributed by atoms with Gasteiger partial charge in [0, 0.05) is 52.9 Å². The fourth-order valence-electron chi connectivity index (χ4n) is 3.28. The molecule has 0 aromatic heterocycles. The highest BCUT2D eigenvalue weighted by Crippen LogP contribution is 2.21. The van der Waals surface area contributed by atoms with Crippen molar-refractivity contribution < 1.29 is 4.74 Å². The van der Waals surface area contributed by atoms with E-state index >= 15 is 0 Å². The van der Waals surface area contributed by atoms with Gasteiger partial charge in [-0.25, -0.2) is 0 Å². The molecule has 0 saturated carbocycles. The first-order valence-electron chi connectivity index (χ1n) is 8.33. The molecule has 2 heterocycles. The van der Waals surface area contributed by atoms with Crippen LogP contribution in [0, 0.1) is 5.41 Å². The summed E-state index contributed by atoms with van der Waals surface area (Å²) in [7, 11) is 3.65. The Hall–Kier alpha value is -1.07. The van der Waals surface area contributed by atoms with E-state index in [1.54, 1.807) is 7.11 Å². The van der Waals surface area contributed by atoms with Gasteiger partial charge in [0.1, 0.15) is 0 Å². The molecule has 1 fully saturated rings. The summed E-state index contributed by atoms with van der Waals surface area (Å²) in [5.41, 5.74) is 0.120. The van der Waals surface area contributed by atoms with E-state index < -0.39 is 0 Å². The first kappa shape index (κ1) is 17.3. The highest BCUT2D eigenvalue weighted by molar-refractivity contribution is 5.80. The molecule has 2 rings (SSSR count). The van der Waals surface area contributed by atoms with Gasteiger partial charge < -0.3 is 15.0 Å². The normalized spacial score (nSPS) is 25.0. The lowest BCUT2D eigenvalue weighted by atomic mass is 9.89. The lowest BCUT2D eigenvalue weighted by Crippen LogP contribution is -2.47. The molecule has 0 bridgehead atoms. The Morgan fingerprint density at radius 3 is 2.59 bits per heavy atom. The third kappa shape index (κ3) is 4.23. The first-order chi connectivity index (χ1) is 10.5. The summed E-state index contributed by atoms with van der Waals surface area (Å²) in [5, 5.41) is 3.50. The Morgan fingerprint density at radius 1 is 1.36 bits per heavy atom. The number of methoxy groups -OCH3 is 1. The minimum absolute atomic E-state index is 0.120. The van der Waals surface area contributed by atoms with E-state index in [0.717, 1.165) is 38.7 Å². The summed E-state index contributed by atoms with van der Waals surface area (Å²) in [5.74, 6) is 1.00. The molecule has 5 heteroatoms. The number of ether oxygens (including phenoxy) is 1. The molecule has 0 aromatic rings. The number of nitrogens with zero attached hydrogens (tertiary/aromatic N) is 3. The molecule has 1 N–H and O–H groups in total. The van der Waals surface area contributed by atoms with E-state index in [2.05, 4.69) is 53.0 Å². The number of guanidine groups is 1. The predicted molar refractivity (Wildman–Crippen MR) is 92.3 cm³/mol. The van der Waals surface area contributed by atoms with Crippen LogP contribution in [0.15, 0.2) is 17.1 Å². The van der Waals surface area contributed by atoms with Gasteiger partial charge in [-0.15, -0.1) is 0 Å². The van der Waals surface area contributed by atoms with E-state index in [1.807, 2.05) is 7.05 Å². The van der Waals surface area contributed by atoms with Crippen LogP contribution in [-0.2, 0) is 4.74 Å². The van der Waals surface area contributed by atoms with Crippen LogP contribution in [0.1, 0.15) is 27.2 Å². The van der Waals surface area contributed by atoms with Crippen molar-refractivity contribution in [1.29, 1.82) is 0 Å². The fraction of sp³-hybridized carbons (Fsp3) is 0.824. The van der Waals surface area contributed by atoms with Crippen LogP contribution in [0.5, 0.6) is 0 Å². The number of hydrogen-bond acceptors (Lipinski definition) is 3. The van der Waals surface area contributed by atoms with Crippen molar-refractivity contribution in [3.63, 3.8) is 0 Å². The van der Waals surface area contributed by atoms with Crippen LogP contribution < -0.4 is 5.32 Å². The second kappa shape index (κ2) is 7.47. The molecule has 0 spiro atoms. The molecule has 0 radical (unpaired) electrons. The zero-order valence-corrected chi connectivity index (χ0v) is 14.8. The zero-order valence-electron chi connectivity index (χ0n) is 14.8. The second-order valence-corrected chi connectivity index (χ2v) is 7.33. The van der Waals surface area contributed by atoms with Crippen molar-refractivity contribution in [2.45, 2.75) is 39.3 Å². The molecule has 0 aliphatic carbocycles. The number of likely N-dealkylation sites (tertiary alicyclic amines) is 1. The van der Waals surface area contributed by atoms with Gasteiger partial charge in [0.05, 0.1) is 6.10 Å². The number of rotatable bonds is 4. The zero-order chi connectivity index (χ0) is 16.2. The molecule has 2 aliphatic heterocycles. The molecule has 2 atom stereocenters. The quantitative estimate of drug-likeness (QED) is 0.486. The predicted octanol–water partition coefficient (Wildman–Crippen LogP) is 1.57. The number of aliphatic imine (C=N–C) groups is 1. The molecular weight excluding hydrogens is 276 g/mol. The van der Waals surface area contributed by atoms with Crippen molar-refractivity contribution in [2.24, 2.45) is 10.4 Å². The Kier molecular flexibility index (Phi) is 5.87. The van der Waals surface area contributed by atoms with Gasteiger partial charge in [0.15, 0.2) is 5.96 Å². The standard InChI is InChI=1S/C17H32N4O/c1-17(2,3)15(22-5)12-19-16(18-4)21-11-8-14(13-21)20-9-6-7-10-20/h6-7,14-15H,8-13H2,1-5H3,(H,18,19). The van der Waals surface area contributed by atoms with Gasteiger partial charge in [-0.1, -0.05) is 32.9 Å². The minimum atomic E-state index is 0.120. The van der Waals surface area contributed by atoms with E-state index in [1.165, 1.54) is 6.42 Å². The van der Waals surface area contributed by atoms with Crippen LogP contribution in [-0.4, -0.2) is 74.8 Å². The van der Waals surface area contributed by atoms with Gasteiger partial charge in [-0.3, -0.25) is 9.89 Å². The van der Waals surface area contributed by atoms with Gasteiger partial charge in [-0.05, 0) is 11.8 Å². The maximum Gasteiger partial charge on any atom is 0.193 e. The van der Waals surface area contributed by atoms with Gasteiger partial charge in [-0.2, -0.15) is 0 Å². The van der Waals surface area contributed by atoms with Crippen LogP contribution in [0.2, 0.25) is 0 Å². The Labute approximate surface area is 135 Å². The molecule has 0 aromatic carbocycles. The highest BCUT2D eigenvalue weighted by Gasteiger charge is 2.30. The topological polar surface area (TPSA) is 40.1 Å². The van der Waals surface area contributed by atoms with Crippen LogP contribution in [0.25, 0.3) is 0 Å². The van der Waals surface area contributed by atoms with Crippen molar-refractivity contribution in [2.75, 3.05) is 46.9 Å². The third-order valence-electron chi connectivity index (χ3n) is 4.73. The highest BCUT2D eigenvalue weighted by atomic mass is 16.5. The maximum absolute atomic E-state index is 5.62. The Balaban J connectivity index is 1.85. The number of nitrogens with one attached hydrogen (secondary N) is 1. The number of hydrogen-bond donors (Lipinski definition) is 1. The van der Waals surface area contributed by atoms with Crippen molar-refractivity contribution in [3.05, 3.63) is 12.2 Å². The lowest BCUT2D eigenvalue weighted by Gasteiger charge is -2.31. The second-order valence-electron chi connectivity index (χ2n) is 7.33. The van der Waals surface area contributed by atoms with Crippen LogP contribution >= 0.6 is 0 Å². The summed E-state index contributed by atoms with van der Waals surface area (Å²) in [6, 6.07) is 0.648. The molecule has 2 unspecified atom stereocenters. The molecular formula is C17H32N4O. The van der Waals surface area contributed by atoms with Crippen LogP contribution in [0.3, 0.4) is 0 Å². The van der Waals surface area contributed by atoms with E-state index in [0.29, 0.717) is 6.04 Å². The van der Waals surface area contributed by atoms with Crippen molar-refractivity contribution in [1.82, 2.24) is 15.1 Å². The van der Waals surface area contributed by atoms with E-state index in [9.17, 15) is 0 Å². The smallest absolute Gasteiger partial charge is 0.193 e. The summed E-state index contributed by atoms with van der Waals surface area (Å²) in [4.78, 5) is 9.38. The molecule has 126 valence electrons. The average Bonchev–Trinajstić information content (AvgIpc) is 3.12. The van der Waals surface area contributed by atoms with E-state index in [-0.39, 0.29) is 11.5 Å². The average molecular weight is 308 g/mol. The van der Waals surface area contributed by atoms with Crippen molar-refractivity contribution in [3.8, 4) is 0 Å². The summed E-state index contributed by atoms with van der Waals surface area (Å²) in [6.45, 7) is 11.7. The fourth-order valence-corrected chi connectivity index (χ4v) is 3.28. The summed E-state index contributed by atoms with van der Waals surface area (Å²) in [6.07, 6.45) is 5.92.